The number of aromatic nitrogens is 1. The lowest BCUT2D eigenvalue weighted by Crippen LogP contribution is -2.29. The second-order valence-electron chi connectivity index (χ2n) is 6.10. The van der Waals surface area contributed by atoms with Crippen LogP contribution in [0.25, 0.3) is 10.9 Å². The predicted molar refractivity (Wildman–Crippen MR) is 98.1 cm³/mol. The molecule has 0 saturated carbocycles. The van der Waals surface area contributed by atoms with Crippen LogP contribution in [0.3, 0.4) is 0 Å². The van der Waals surface area contributed by atoms with Crippen molar-refractivity contribution >= 4 is 16.8 Å². The van der Waals surface area contributed by atoms with Crippen LogP contribution in [0, 0.1) is 6.92 Å². The van der Waals surface area contributed by atoms with Gasteiger partial charge in [-0.1, -0.05) is 11.6 Å². The van der Waals surface area contributed by atoms with Crippen LogP contribution in [0.1, 0.15) is 21.5 Å². The minimum Gasteiger partial charge on any atom is -0.497 e. The first-order valence-electron chi connectivity index (χ1n) is 8.00. The zero-order chi connectivity index (χ0) is 18.0. The molecule has 0 saturated heterocycles. The number of hydrogen-bond donors (Lipinski definition) is 1. The zero-order valence-electron chi connectivity index (χ0n) is 14.5. The molecule has 25 heavy (non-hydrogen) atoms. The van der Waals surface area contributed by atoms with E-state index in [1.807, 2.05) is 31.2 Å². The number of pyridine rings is 1. The topological polar surface area (TPSA) is 62.4 Å². The Hall–Kier alpha value is -3.08. The third kappa shape index (κ3) is 3.55. The first-order chi connectivity index (χ1) is 12.0. The van der Waals surface area contributed by atoms with Gasteiger partial charge in [0, 0.05) is 23.7 Å². The fourth-order valence-electron chi connectivity index (χ4n) is 2.77. The molecule has 5 nitrogen and oxygen atoms in total. The van der Waals surface area contributed by atoms with Crippen LogP contribution in [0.15, 0.2) is 53.3 Å². The molecule has 1 heterocycles. The Morgan fingerprint density at radius 3 is 2.52 bits per heavy atom. The van der Waals surface area contributed by atoms with E-state index in [0.29, 0.717) is 16.9 Å². The average Bonchev–Trinajstić information content (AvgIpc) is 2.62. The Bertz CT molecular complexity index is 974. The maximum absolute atomic E-state index is 12.6. The van der Waals surface area contributed by atoms with Crippen molar-refractivity contribution in [2.75, 3.05) is 14.2 Å². The second kappa shape index (κ2) is 6.81. The van der Waals surface area contributed by atoms with Gasteiger partial charge in [-0.25, -0.2) is 0 Å². The van der Waals surface area contributed by atoms with E-state index in [1.165, 1.54) is 4.90 Å². The van der Waals surface area contributed by atoms with Crippen molar-refractivity contribution in [3.8, 4) is 5.75 Å². The van der Waals surface area contributed by atoms with Gasteiger partial charge in [-0.2, -0.15) is 0 Å². The van der Waals surface area contributed by atoms with Gasteiger partial charge in [-0.15, -0.1) is 0 Å². The first-order valence-corrected chi connectivity index (χ1v) is 8.00. The fourth-order valence-corrected chi connectivity index (χ4v) is 2.77. The van der Waals surface area contributed by atoms with E-state index >= 15 is 0 Å². The molecule has 3 rings (SSSR count). The number of carbonyl (C=O) groups excluding carboxylic acids is 1. The summed E-state index contributed by atoms with van der Waals surface area (Å²) in [5, 5.41) is 0.958. The van der Waals surface area contributed by atoms with Gasteiger partial charge in [-0.3, -0.25) is 9.59 Å². The maximum atomic E-state index is 12.6. The van der Waals surface area contributed by atoms with E-state index < -0.39 is 0 Å². The van der Waals surface area contributed by atoms with Crippen LogP contribution in [-0.4, -0.2) is 29.9 Å². The molecule has 5 heteroatoms. The van der Waals surface area contributed by atoms with Crippen LogP contribution in [-0.2, 0) is 6.54 Å². The second-order valence-corrected chi connectivity index (χ2v) is 6.10. The van der Waals surface area contributed by atoms with E-state index in [-0.39, 0.29) is 18.0 Å². The molecule has 2 aromatic carbocycles. The number of ether oxygens (including phenoxy) is 1. The van der Waals surface area contributed by atoms with Crippen molar-refractivity contribution in [1.29, 1.82) is 0 Å². The van der Waals surface area contributed by atoms with Gasteiger partial charge in [-0.05, 0) is 54.8 Å². The van der Waals surface area contributed by atoms with E-state index in [9.17, 15) is 9.59 Å². The third-order valence-corrected chi connectivity index (χ3v) is 4.17. The average molecular weight is 336 g/mol. The number of benzene rings is 2. The van der Waals surface area contributed by atoms with E-state index in [0.717, 1.165) is 16.5 Å². The molecule has 0 aliphatic carbocycles. The molecule has 0 aliphatic heterocycles. The molecule has 0 spiro atoms. The van der Waals surface area contributed by atoms with Crippen molar-refractivity contribution in [1.82, 2.24) is 9.88 Å². The number of fused-ring (bicyclic) bond motifs is 1. The number of rotatable bonds is 4. The van der Waals surface area contributed by atoms with Crippen LogP contribution < -0.4 is 10.3 Å². The van der Waals surface area contributed by atoms with Crippen LogP contribution >= 0.6 is 0 Å². The minimum absolute atomic E-state index is 0.147. The molecule has 0 atom stereocenters. The van der Waals surface area contributed by atoms with Gasteiger partial charge < -0.3 is 14.6 Å². The Labute approximate surface area is 145 Å². The molecule has 0 fully saturated rings. The maximum Gasteiger partial charge on any atom is 0.253 e. The number of H-pyrrole nitrogens is 1. The summed E-state index contributed by atoms with van der Waals surface area (Å²) in [5.41, 5.74) is 2.85. The Morgan fingerprint density at radius 1 is 1.12 bits per heavy atom. The molecule has 1 N–H and O–H groups in total. The fraction of sp³-hybridized carbons (Fsp3) is 0.200. The number of aromatic amines is 1. The van der Waals surface area contributed by atoms with Gasteiger partial charge in [0.2, 0.25) is 0 Å². The summed E-state index contributed by atoms with van der Waals surface area (Å²) in [4.78, 5) is 29.2. The van der Waals surface area contributed by atoms with Crippen molar-refractivity contribution in [2.24, 2.45) is 0 Å². The van der Waals surface area contributed by atoms with Gasteiger partial charge >= 0.3 is 0 Å². The third-order valence-electron chi connectivity index (χ3n) is 4.17. The Morgan fingerprint density at radius 2 is 1.84 bits per heavy atom. The summed E-state index contributed by atoms with van der Waals surface area (Å²) >= 11 is 0. The molecule has 1 aromatic heterocycles. The monoisotopic (exact) mass is 336 g/mol. The molecule has 128 valence electrons. The van der Waals surface area contributed by atoms with E-state index in [4.69, 9.17) is 4.74 Å². The highest BCUT2D eigenvalue weighted by atomic mass is 16.5. The highest BCUT2D eigenvalue weighted by Crippen LogP contribution is 2.16. The van der Waals surface area contributed by atoms with Gasteiger partial charge in [0.1, 0.15) is 5.75 Å². The summed E-state index contributed by atoms with van der Waals surface area (Å²) < 4.78 is 5.10. The van der Waals surface area contributed by atoms with Crippen LogP contribution in [0.4, 0.5) is 0 Å². The van der Waals surface area contributed by atoms with Crippen molar-refractivity contribution < 1.29 is 9.53 Å². The standard InChI is InChI=1S/C20H20N2O3/c1-13-4-9-18-15(10-13)11-16(19(23)21-18)12-22(2)20(24)14-5-7-17(25-3)8-6-14/h4-11H,12H2,1-3H3,(H,21,23). The highest BCUT2D eigenvalue weighted by molar-refractivity contribution is 5.94. The Kier molecular flexibility index (Phi) is 4.57. The smallest absolute Gasteiger partial charge is 0.253 e. The van der Waals surface area contributed by atoms with E-state index in [1.54, 1.807) is 38.4 Å². The lowest BCUT2D eigenvalue weighted by atomic mass is 10.1. The van der Waals surface area contributed by atoms with E-state index in [2.05, 4.69) is 4.98 Å². The van der Waals surface area contributed by atoms with Gasteiger partial charge in [0.25, 0.3) is 11.5 Å². The lowest BCUT2D eigenvalue weighted by Gasteiger charge is -2.17. The molecule has 0 unspecified atom stereocenters. The van der Waals surface area contributed by atoms with Gasteiger partial charge in [0.15, 0.2) is 0 Å². The van der Waals surface area contributed by atoms with Crippen LogP contribution in [0.2, 0.25) is 0 Å². The molecule has 0 bridgehead atoms. The Balaban J connectivity index is 1.85. The molecular formula is C20H20N2O3. The number of amides is 1. The number of methoxy groups -OCH3 is 1. The number of hydrogen-bond acceptors (Lipinski definition) is 3. The van der Waals surface area contributed by atoms with Crippen molar-refractivity contribution in [2.45, 2.75) is 13.5 Å². The summed E-state index contributed by atoms with van der Waals surface area (Å²) in [6.07, 6.45) is 0. The number of aryl methyl sites for hydroxylation is 1. The SMILES string of the molecule is COc1ccc(C(=O)N(C)Cc2cc3cc(C)ccc3[nH]c2=O)cc1. The quantitative estimate of drug-likeness (QED) is 0.796. The lowest BCUT2D eigenvalue weighted by molar-refractivity contribution is 0.0784. The summed E-state index contributed by atoms with van der Waals surface area (Å²) in [6.45, 7) is 2.24. The normalized spacial score (nSPS) is 10.7. The summed E-state index contributed by atoms with van der Waals surface area (Å²) in [5.74, 6) is 0.548. The summed E-state index contributed by atoms with van der Waals surface area (Å²) in [6, 6.07) is 14.6. The molecule has 0 radical (unpaired) electrons. The zero-order valence-corrected chi connectivity index (χ0v) is 14.5. The minimum atomic E-state index is -0.175. The molecule has 1 amide bonds. The molecular weight excluding hydrogens is 316 g/mol. The van der Waals surface area contributed by atoms with Gasteiger partial charge in [0.05, 0.1) is 13.7 Å². The number of nitrogens with zero attached hydrogens (tertiary/aromatic N) is 1. The van der Waals surface area contributed by atoms with Crippen molar-refractivity contribution in [3.63, 3.8) is 0 Å². The van der Waals surface area contributed by atoms with Crippen molar-refractivity contribution in [3.05, 3.63) is 75.6 Å². The largest absolute Gasteiger partial charge is 0.497 e. The first kappa shape index (κ1) is 16.8. The van der Waals surface area contributed by atoms with Crippen LogP contribution in [0.5, 0.6) is 5.75 Å². The number of carbonyl (C=O) groups is 1. The molecule has 3 aromatic rings. The summed E-state index contributed by atoms with van der Waals surface area (Å²) in [7, 11) is 3.27. The molecule has 0 aliphatic rings. The number of nitrogens with one attached hydrogen (secondary N) is 1. The predicted octanol–water partition coefficient (Wildman–Crippen LogP) is 3.12. The highest BCUT2D eigenvalue weighted by Gasteiger charge is 2.14.